The summed E-state index contributed by atoms with van der Waals surface area (Å²) in [6.45, 7) is 2.74. The molecular weight excluding hydrogens is 328 g/mol. The molecule has 0 aliphatic carbocycles. The van der Waals surface area contributed by atoms with E-state index >= 15 is 0 Å². The molecule has 0 aliphatic heterocycles. The molecule has 0 fully saturated rings. The molecule has 1 heterocycles. The van der Waals surface area contributed by atoms with Gasteiger partial charge in [-0.2, -0.15) is 0 Å². The first-order chi connectivity index (χ1) is 10.1. The number of methoxy groups -OCH3 is 1. The maximum Gasteiger partial charge on any atom is 0.269 e. The second-order valence-corrected chi connectivity index (χ2v) is 6.16. The van der Waals surface area contributed by atoms with Crippen LogP contribution in [0.25, 0.3) is 10.1 Å². The molecule has 2 rings (SSSR count). The van der Waals surface area contributed by atoms with Crippen LogP contribution in [0.4, 0.5) is 0 Å². The lowest BCUT2D eigenvalue weighted by Gasteiger charge is -2.07. The molecule has 0 saturated heterocycles. The number of ether oxygens (including phenoxy) is 1. The number of amides is 1. The van der Waals surface area contributed by atoms with Gasteiger partial charge >= 0.3 is 0 Å². The molecular formula is C14H15ClN2O2S2. The van der Waals surface area contributed by atoms with Crippen LogP contribution in [0.2, 0.25) is 5.02 Å². The topological polar surface area (TPSA) is 50.4 Å². The third-order valence-corrected chi connectivity index (χ3v) is 4.71. The molecule has 0 spiro atoms. The number of hydrogen-bond donors (Lipinski definition) is 2. The summed E-state index contributed by atoms with van der Waals surface area (Å²) in [5.74, 6) is 0.432. The van der Waals surface area contributed by atoms with Crippen LogP contribution in [0.1, 0.15) is 23.0 Å². The van der Waals surface area contributed by atoms with Crippen LogP contribution < -0.4 is 15.4 Å². The van der Waals surface area contributed by atoms with E-state index in [9.17, 15) is 4.79 Å². The average Bonchev–Trinajstić information content (AvgIpc) is 2.81. The van der Waals surface area contributed by atoms with E-state index in [2.05, 4.69) is 10.6 Å². The van der Waals surface area contributed by atoms with Crippen molar-refractivity contribution in [1.29, 1.82) is 0 Å². The van der Waals surface area contributed by atoms with Crippen molar-refractivity contribution in [3.63, 3.8) is 0 Å². The summed E-state index contributed by atoms with van der Waals surface area (Å²) in [7, 11) is 1.60. The second-order valence-electron chi connectivity index (χ2n) is 4.32. The number of fused-ring (bicyclic) bond motifs is 1. The highest BCUT2D eigenvalue weighted by Gasteiger charge is 2.18. The highest BCUT2D eigenvalue weighted by Crippen LogP contribution is 2.37. The number of rotatable bonds is 4. The number of halogens is 1. The van der Waals surface area contributed by atoms with Crippen molar-refractivity contribution in [3.05, 3.63) is 28.1 Å². The van der Waals surface area contributed by atoms with Gasteiger partial charge in [0.15, 0.2) is 5.11 Å². The van der Waals surface area contributed by atoms with E-state index in [4.69, 9.17) is 28.6 Å². The number of hydrogen-bond acceptors (Lipinski definition) is 4. The van der Waals surface area contributed by atoms with Crippen molar-refractivity contribution in [2.45, 2.75) is 13.3 Å². The minimum Gasteiger partial charge on any atom is -0.497 e. The molecule has 1 amide bonds. The quantitative estimate of drug-likeness (QED) is 0.834. The Labute approximate surface area is 137 Å². The smallest absolute Gasteiger partial charge is 0.269 e. The molecule has 0 aliphatic rings. The molecule has 0 bridgehead atoms. The summed E-state index contributed by atoms with van der Waals surface area (Å²) in [4.78, 5) is 12.7. The van der Waals surface area contributed by atoms with Gasteiger partial charge in [-0.3, -0.25) is 10.1 Å². The molecule has 0 radical (unpaired) electrons. The fourth-order valence-corrected chi connectivity index (χ4v) is 3.40. The van der Waals surface area contributed by atoms with Crippen molar-refractivity contribution in [2.75, 3.05) is 13.7 Å². The van der Waals surface area contributed by atoms with Crippen LogP contribution in [-0.2, 0) is 0 Å². The molecule has 0 atom stereocenters. The van der Waals surface area contributed by atoms with Crippen molar-refractivity contribution < 1.29 is 9.53 Å². The van der Waals surface area contributed by atoms with E-state index in [0.29, 0.717) is 15.0 Å². The lowest BCUT2D eigenvalue weighted by atomic mass is 10.2. The Hall–Kier alpha value is -1.37. The molecule has 1 aromatic carbocycles. The summed E-state index contributed by atoms with van der Waals surface area (Å²) in [6.07, 6.45) is 0.930. The second kappa shape index (κ2) is 7.06. The van der Waals surface area contributed by atoms with Crippen LogP contribution in [0, 0.1) is 0 Å². The molecule has 0 unspecified atom stereocenters. The molecule has 0 saturated carbocycles. The van der Waals surface area contributed by atoms with Crippen molar-refractivity contribution >= 4 is 56.3 Å². The van der Waals surface area contributed by atoms with Gasteiger partial charge in [0.25, 0.3) is 5.91 Å². The number of benzene rings is 1. The molecule has 2 aromatic rings. The van der Waals surface area contributed by atoms with Gasteiger partial charge < -0.3 is 10.1 Å². The fourth-order valence-electron chi connectivity index (χ4n) is 1.76. The van der Waals surface area contributed by atoms with Crippen molar-refractivity contribution in [2.24, 2.45) is 0 Å². The standard InChI is InChI=1S/C14H15ClN2O2S2/c1-3-6-16-14(20)17-13(18)12-11(15)9-5-4-8(19-2)7-10(9)21-12/h4-5,7H,3,6H2,1-2H3,(H2,16,17,18,20). The van der Waals surface area contributed by atoms with Crippen LogP contribution >= 0.6 is 35.2 Å². The number of thiocarbonyl (C=S) groups is 1. The van der Waals surface area contributed by atoms with Gasteiger partial charge in [-0.15, -0.1) is 11.3 Å². The third kappa shape index (κ3) is 3.64. The minimum absolute atomic E-state index is 0.297. The lowest BCUT2D eigenvalue weighted by molar-refractivity contribution is 0.0981. The third-order valence-electron chi connectivity index (χ3n) is 2.81. The van der Waals surface area contributed by atoms with Crippen LogP contribution in [0.15, 0.2) is 18.2 Å². The normalized spacial score (nSPS) is 10.4. The number of carbonyl (C=O) groups excluding carboxylic acids is 1. The van der Waals surface area contributed by atoms with Crippen molar-refractivity contribution in [1.82, 2.24) is 10.6 Å². The summed E-state index contributed by atoms with van der Waals surface area (Å²) in [5.41, 5.74) is 0. The predicted octanol–water partition coefficient (Wildman–Crippen LogP) is 3.58. The monoisotopic (exact) mass is 342 g/mol. The maximum atomic E-state index is 12.2. The van der Waals surface area contributed by atoms with Gasteiger partial charge in [-0.25, -0.2) is 0 Å². The van der Waals surface area contributed by atoms with E-state index in [1.165, 1.54) is 11.3 Å². The Bertz CT molecular complexity index is 685. The zero-order valence-electron chi connectivity index (χ0n) is 11.7. The van der Waals surface area contributed by atoms with Crippen molar-refractivity contribution in [3.8, 4) is 5.75 Å². The minimum atomic E-state index is -0.297. The van der Waals surface area contributed by atoms with Gasteiger partial charge in [0, 0.05) is 16.6 Å². The Morgan fingerprint density at radius 1 is 1.48 bits per heavy atom. The highest BCUT2D eigenvalue weighted by atomic mass is 35.5. The van der Waals surface area contributed by atoms with E-state index in [1.807, 2.05) is 25.1 Å². The molecule has 21 heavy (non-hydrogen) atoms. The van der Waals surface area contributed by atoms with E-state index < -0.39 is 0 Å². The molecule has 1 aromatic heterocycles. The van der Waals surface area contributed by atoms with Gasteiger partial charge in [0.2, 0.25) is 0 Å². The SMILES string of the molecule is CCCNC(=S)NC(=O)c1sc2cc(OC)ccc2c1Cl. The largest absolute Gasteiger partial charge is 0.497 e. The molecule has 2 N–H and O–H groups in total. The number of nitrogens with one attached hydrogen (secondary N) is 2. The first-order valence-corrected chi connectivity index (χ1v) is 8.02. The van der Waals surface area contributed by atoms with Gasteiger partial charge in [-0.05, 0) is 36.8 Å². The van der Waals surface area contributed by atoms with Gasteiger partial charge in [0.05, 0.1) is 12.1 Å². The first kappa shape index (κ1) is 16.0. The Kier molecular flexibility index (Phi) is 5.39. The summed E-state index contributed by atoms with van der Waals surface area (Å²) in [6, 6.07) is 5.52. The van der Waals surface area contributed by atoms with E-state index in [0.717, 1.165) is 28.8 Å². The predicted molar refractivity (Wildman–Crippen MR) is 91.7 cm³/mol. The Morgan fingerprint density at radius 2 is 2.24 bits per heavy atom. The molecule has 4 nitrogen and oxygen atoms in total. The average molecular weight is 343 g/mol. The lowest BCUT2D eigenvalue weighted by Crippen LogP contribution is -2.39. The van der Waals surface area contributed by atoms with Crippen LogP contribution in [0.5, 0.6) is 5.75 Å². The molecule has 7 heteroatoms. The van der Waals surface area contributed by atoms with Gasteiger partial charge in [0.1, 0.15) is 10.6 Å². The van der Waals surface area contributed by atoms with Gasteiger partial charge in [-0.1, -0.05) is 18.5 Å². The zero-order valence-corrected chi connectivity index (χ0v) is 14.0. The van der Waals surface area contributed by atoms with Crippen LogP contribution in [-0.4, -0.2) is 24.7 Å². The zero-order chi connectivity index (χ0) is 15.4. The molecule has 112 valence electrons. The number of carbonyl (C=O) groups is 1. The van der Waals surface area contributed by atoms with Crippen LogP contribution in [0.3, 0.4) is 0 Å². The summed E-state index contributed by atoms with van der Waals surface area (Å²) in [5, 5.41) is 7.17. The summed E-state index contributed by atoms with van der Waals surface area (Å²) >= 11 is 12.7. The van der Waals surface area contributed by atoms with E-state index in [1.54, 1.807) is 7.11 Å². The number of thiophene rings is 1. The Morgan fingerprint density at radius 3 is 2.90 bits per heavy atom. The Balaban J connectivity index is 2.23. The summed E-state index contributed by atoms with van der Waals surface area (Å²) < 4.78 is 6.07. The first-order valence-electron chi connectivity index (χ1n) is 6.42. The fraction of sp³-hybridized carbons (Fsp3) is 0.286. The van der Waals surface area contributed by atoms with E-state index in [-0.39, 0.29) is 5.91 Å². The highest BCUT2D eigenvalue weighted by molar-refractivity contribution is 7.80. The maximum absolute atomic E-state index is 12.2.